The van der Waals surface area contributed by atoms with Gasteiger partial charge < -0.3 is 14.4 Å². The number of carbonyl (C=O) groups is 1. The Bertz CT molecular complexity index is 1390. The maximum atomic E-state index is 13.2. The zero-order chi connectivity index (χ0) is 23.4. The van der Waals surface area contributed by atoms with Crippen molar-refractivity contribution in [3.05, 3.63) is 92.9 Å². The number of carbonyl (C=O) groups excluding carboxylic acids is 1. The van der Waals surface area contributed by atoms with Crippen LogP contribution in [0.1, 0.15) is 45.2 Å². The van der Waals surface area contributed by atoms with Crippen molar-refractivity contribution < 1.29 is 14.6 Å². The van der Waals surface area contributed by atoms with Crippen LogP contribution in [0.15, 0.2) is 59.2 Å². The molecule has 3 aliphatic rings. The molecule has 34 heavy (non-hydrogen) atoms. The number of aromatic nitrogens is 2. The fourth-order valence-corrected chi connectivity index (χ4v) is 5.68. The number of allylic oxidation sites excluding steroid dienone is 1. The summed E-state index contributed by atoms with van der Waals surface area (Å²) >= 11 is 0. The van der Waals surface area contributed by atoms with E-state index >= 15 is 0 Å². The van der Waals surface area contributed by atoms with E-state index in [2.05, 4.69) is 9.88 Å². The fourth-order valence-electron chi connectivity index (χ4n) is 5.68. The van der Waals surface area contributed by atoms with Gasteiger partial charge in [0.2, 0.25) is 5.78 Å². The summed E-state index contributed by atoms with van der Waals surface area (Å²) in [6.07, 6.45) is 4.37. The molecule has 1 aromatic carbocycles. The van der Waals surface area contributed by atoms with Crippen molar-refractivity contribution in [3.63, 3.8) is 0 Å². The molecule has 0 unspecified atom stereocenters. The first-order valence-corrected chi connectivity index (χ1v) is 11.6. The van der Waals surface area contributed by atoms with Crippen LogP contribution in [0.4, 0.5) is 0 Å². The van der Waals surface area contributed by atoms with Crippen molar-refractivity contribution in [2.24, 2.45) is 5.92 Å². The van der Waals surface area contributed by atoms with E-state index in [4.69, 9.17) is 4.74 Å². The predicted molar refractivity (Wildman–Crippen MR) is 127 cm³/mol. The average molecular weight is 456 g/mol. The van der Waals surface area contributed by atoms with Crippen molar-refractivity contribution in [2.75, 3.05) is 13.1 Å². The van der Waals surface area contributed by atoms with Crippen LogP contribution in [0.5, 0.6) is 11.5 Å². The summed E-state index contributed by atoms with van der Waals surface area (Å²) in [6.45, 7) is 4.61. The molecule has 6 rings (SSSR count). The first kappa shape index (κ1) is 20.9. The highest BCUT2D eigenvalue weighted by atomic mass is 16.5. The Balaban J connectivity index is 1.32. The van der Waals surface area contributed by atoms with E-state index in [9.17, 15) is 14.7 Å². The normalized spacial score (nSPS) is 22.4. The van der Waals surface area contributed by atoms with Crippen LogP contribution in [0.25, 0.3) is 6.08 Å². The Hall–Kier alpha value is -3.71. The van der Waals surface area contributed by atoms with Crippen molar-refractivity contribution in [1.29, 1.82) is 0 Å². The van der Waals surface area contributed by atoms with Gasteiger partial charge in [-0.05, 0) is 49.1 Å². The number of hydrogen-bond acceptors (Lipinski definition) is 6. The fraction of sp³-hybridized carbons (Fsp3) is 0.296. The number of phenolic OH excluding ortho intramolecular Hbond substituents is 1. The lowest BCUT2D eigenvalue weighted by Gasteiger charge is -2.43. The van der Waals surface area contributed by atoms with E-state index in [1.165, 1.54) is 0 Å². The highest BCUT2D eigenvalue weighted by molar-refractivity contribution is 6.15. The second kappa shape index (κ2) is 7.95. The number of pyridine rings is 2. The third kappa shape index (κ3) is 3.44. The molecular weight excluding hydrogens is 430 g/mol. The van der Waals surface area contributed by atoms with E-state index in [0.29, 0.717) is 47.1 Å². The molecule has 0 aliphatic carbocycles. The molecule has 0 spiro atoms. The van der Waals surface area contributed by atoms with Crippen LogP contribution in [0.2, 0.25) is 0 Å². The Morgan fingerprint density at radius 3 is 2.85 bits per heavy atom. The van der Waals surface area contributed by atoms with Gasteiger partial charge in [-0.15, -0.1) is 0 Å². The zero-order valence-electron chi connectivity index (χ0n) is 18.9. The van der Waals surface area contributed by atoms with Crippen LogP contribution >= 0.6 is 0 Å². The number of aromatic hydroxyl groups is 1. The molecule has 3 aromatic rings. The third-order valence-corrected chi connectivity index (χ3v) is 7.12. The van der Waals surface area contributed by atoms with Gasteiger partial charge in [0.05, 0.1) is 16.8 Å². The van der Waals surface area contributed by atoms with Gasteiger partial charge in [-0.3, -0.25) is 19.5 Å². The summed E-state index contributed by atoms with van der Waals surface area (Å²) in [5, 5.41) is 10.9. The number of fused-ring (bicyclic) bond motifs is 5. The number of piperidine rings is 1. The van der Waals surface area contributed by atoms with Gasteiger partial charge in [0.15, 0.2) is 5.76 Å². The molecule has 1 N–H and O–H groups in total. The van der Waals surface area contributed by atoms with Gasteiger partial charge in [-0.25, -0.2) is 0 Å². The predicted octanol–water partition coefficient (Wildman–Crippen LogP) is 3.49. The van der Waals surface area contributed by atoms with E-state index in [0.717, 1.165) is 25.2 Å². The summed E-state index contributed by atoms with van der Waals surface area (Å²) < 4.78 is 7.97. The third-order valence-electron chi connectivity index (χ3n) is 7.12. The second-order valence-electron chi connectivity index (χ2n) is 9.48. The maximum absolute atomic E-state index is 13.2. The van der Waals surface area contributed by atoms with Crippen LogP contribution in [-0.4, -0.2) is 38.4 Å². The van der Waals surface area contributed by atoms with Crippen molar-refractivity contribution in [3.8, 4) is 11.5 Å². The molecular formula is C27H25N3O4. The number of benzene rings is 1. The van der Waals surface area contributed by atoms with Gasteiger partial charge in [0.1, 0.15) is 11.5 Å². The minimum Gasteiger partial charge on any atom is -0.507 e. The number of ketones is 1. The van der Waals surface area contributed by atoms with Gasteiger partial charge in [0.25, 0.3) is 5.56 Å². The molecule has 1 fully saturated rings. The van der Waals surface area contributed by atoms with E-state index in [1.807, 2.05) is 41.8 Å². The molecule has 1 saturated heterocycles. The quantitative estimate of drug-likeness (QED) is 0.609. The molecule has 2 aromatic heterocycles. The monoisotopic (exact) mass is 455 g/mol. The number of phenols is 1. The maximum Gasteiger partial charge on any atom is 0.250 e. The molecule has 0 saturated carbocycles. The van der Waals surface area contributed by atoms with E-state index < -0.39 is 0 Å². The summed E-state index contributed by atoms with van der Waals surface area (Å²) in [5.41, 5.74) is 3.61. The molecule has 5 heterocycles. The number of aryl methyl sites for hydroxylation is 1. The summed E-state index contributed by atoms with van der Waals surface area (Å²) in [5.74, 6) is 1.24. The summed E-state index contributed by atoms with van der Waals surface area (Å²) in [6, 6.07) is 12.6. The largest absolute Gasteiger partial charge is 0.507 e. The van der Waals surface area contributed by atoms with Crippen LogP contribution < -0.4 is 10.3 Å². The lowest BCUT2D eigenvalue weighted by molar-refractivity contribution is 0.101. The molecule has 7 heteroatoms. The standard InChI is InChI=1S/C27H25N3O4/c1-16-9-22(31)20(27-25(16)26(33)23(34-27)11-19-5-2-3-8-28-19)15-29-12-17-10-18(14-29)21-6-4-7-24(32)30(21)13-17/h2-9,11,17-18,31H,10,12-15H2,1H3/b23-11-/t17-,18+/m1/s1. The second-order valence-corrected chi connectivity index (χ2v) is 9.48. The highest BCUT2D eigenvalue weighted by Gasteiger charge is 2.37. The average Bonchev–Trinajstić information content (AvgIpc) is 3.14. The van der Waals surface area contributed by atoms with Crippen molar-refractivity contribution >= 4 is 11.9 Å². The first-order valence-electron chi connectivity index (χ1n) is 11.6. The number of rotatable bonds is 3. The summed E-state index contributed by atoms with van der Waals surface area (Å²) in [4.78, 5) is 32.0. The molecule has 2 atom stereocenters. The van der Waals surface area contributed by atoms with Gasteiger partial charge >= 0.3 is 0 Å². The molecule has 0 amide bonds. The highest BCUT2D eigenvalue weighted by Crippen LogP contribution is 2.43. The van der Waals surface area contributed by atoms with Crippen molar-refractivity contribution in [2.45, 2.75) is 32.4 Å². The molecule has 2 bridgehead atoms. The van der Waals surface area contributed by atoms with Gasteiger partial charge in [-0.2, -0.15) is 0 Å². The van der Waals surface area contributed by atoms with Gasteiger partial charge in [0, 0.05) is 56.1 Å². The zero-order valence-corrected chi connectivity index (χ0v) is 18.9. The van der Waals surface area contributed by atoms with Crippen LogP contribution in [-0.2, 0) is 13.1 Å². The Labute approximate surface area is 196 Å². The number of Topliss-reactive ketones (excluding diaryl/α,β-unsaturated/α-hetero) is 1. The van der Waals surface area contributed by atoms with Crippen LogP contribution in [0.3, 0.4) is 0 Å². The van der Waals surface area contributed by atoms with Gasteiger partial charge in [-0.1, -0.05) is 12.1 Å². The number of ether oxygens (including phenoxy) is 1. The SMILES string of the molecule is Cc1cc(O)c(CN2C[C@H]3C[C@@H](C2)c2cccc(=O)n2C3)c2c1C(=O)/C(=C/c1ccccn1)O2. The summed E-state index contributed by atoms with van der Waals surface area (Å²) in [7, 11) is 0. The Morgan fingerprint density at radius 2 is 2.03 bits per heavy atom. The van der Waals surface area contributed by atoms with Crippen molar-refractivity contribution in [1.82, 2.24) is 14.5 Å². The lowest BCUT2D eigenvalue weighted by Crippen LogP contribution is -2.46. The number of hydrogen-bond donors (Lipinski definition) is 1. The smallest absolute Gasteiger partial charge is 0.250 e. The Kier molecular flexibility index (Phi) is 4.88. The molecule has 7 nitrogen and oxygen atoms in total. The van der Waals surface area contributed by atoms with Crippen LogP contribution in [0, 0.1) is 12.8 Å². The first-order chi connectivity index (χ1) is 16.5. The number of nitrogens with zero attached hydrogens (tertiary/aromatic N) is 3. The minimum atomic E-state index is -0.191. The minimum absolute atomic E-state index is 0.0637. The number of likely N-dealkylation sites (tertiary alicyclic amines) is 1. The lowest BCUT2D eigenvalue weighted by atomic mass is 9.83. The van der Waals surface area contributed by atoms with E-state index in [-0.39, 0.29) is 28.8 Å². The molecule has 0 radical (unpaired) electrons. The molecule has 172 valence electrons. The topological polar surface area (TPSA) is 84.7 Å². The Morgan fingerprint density at radius 1 is 1.15 bits per heavy atom. The molecule has 3 aliphatic heterocycles. The van der Waals surface area contributed by atoms with E-state index in [1.54, 1.807) is 24.4 Å².